The Labute approximate surface area is 273 Å². The van der Waals surface area contributed by atoms with Crippen LogP contribution in [0.25, 0.3) is 64.4 Å². The number of nitrogens with zero attached hydrogens (tertiary/aromatic N) is 1. The molecule has 0 bridgehead atoms. The highest BCUT2D eigenvalue weighted by molar-refractivity contribution is 7.26. The highest BCUT2D eigenvalue weighted by Crippen LogP contribution is 2.50. The molecule has 0 spiro atoms. The number of furan rings is 1. The van der Waals surface area contributed by atoms with Crippen LogP contribution in [0, 0.1) is 0 Å². The van der Waals surface area contributed by atoms with E-state index in [1.807, 2.05) is 102 Å². The molecule has 2 aromatic heterocycles. The van der Waals surface area contributed by atoms with Crippen LogP contribution < -0.4 is 4.90 Å². The molecule has 212 valence electrons. The van der Waals surface area contributed by atoms with E-state index in [0.29, 0.717) is 48.4 Å². The Bertz CT molecular complexity index is 2810. The lowest BCUT2D eigenvalue weighted by Crippen LogP contribution is -2.12. The van der Waals surface area contributed by atoms with Gasteiger partial charge in [0.1, 0.15) is 5.58 Å². The fourth-order valence-electron chi connectivity index (χ4n) is 6.23. The second kappa shape index (κ2) is 10.5. The van der Waals surface area contributed by atoms with Crippen molar-refractivity contribution in [2.24, 2.45) is 0 Å². The van der Waals surface area contributed by atoms with Crippen molar-refractivity contribution in [2.45, 2.75) is 0 Å². The number of benzene rings is 7. The van der Waals surface area contributed by atoms with Gasteiger partial charge in [-0.05, 0) is 59.1 Å². The predicted octanol–water partition coefficient (Wildman–Crippen LogP) is 12.8. The van der Waals surface area contributed by atoms with Gasteiger partial charge in [0.15, 0.2) is 5.58 Å². The highest BCUT2D eigenvalue weighted by atomic mass is 32.1. The third-order valence-corrected chi connectivity index (χ3v) is 9.33. The summed E-state index contributed by atoms with van der Waals surface area (Å²) in [6.07, 6.45) is 0. The molecule has 0 saturated heterocycles. The molecule has 9 aromatic rings. The standard InChI is InChI=1S/C42H27NOS/c1-3-12-28(13-4-1)29-22-24-31(25-23-29)43(36-18-11-21-39-40(36)35-17-8-10-20-38(35)45-39)41-32(30-14-5-2-6-15-30)26-27-34-33-16-7-9-19-37(33)44-42(34)41/h1-27H/i8D,10D,11D,18D,20D,21D. The summed E-state index contributed by atoms with van der Waals surface area (Å²) < 4.78 is 61.0. The number of rotatable bonds is 5. The lowest BCUT2D eigenvalue weighted by Gasteiger charge is -2.29. The topological polar surface area (TPSA) is 16.4 Å². The van der Waals surface area contributed by atoms with Gasteiger partial charge in [-0.15, -0.1) is 11.3 Å². The zero-order valence-electron chi connectivity index (χ0n) is 29.9. The van der Waals surface area contributed by atoms with Gasteiger partial charge < -0.3 is 9.32 Å². The van der Waals surface area contributed by atoms with Gasteiger partial charge in [-0.2, -0.15) is 0 Å². The molecule has 0 aliphatic carbocycles. The Hall–Kier alpha value is -5.64. The first kappa shape index (κ1) is 20.3. The molecule has 7 aromatic carbocycles. The molecule has 0 aliphatic rings. The quantitative estimate of drug-likeness (QED) is 0.196. The molecule has 0 unspecified atom stereocenters. The van der Waals surface area contributed by atoms with Crippen LogP contribution in [0.5, 0.6) is 0 Å². The average molecular weight is 600 g/mol. The Kier molecular flexibility index (Phi) is 4.75. The predicted molar refractivity (Wildman–Crippen MR) is 192 cm³/mol. The maximum Gasteiger partial charge on any atom is 0.160 e. The van der Waals surface area contributed by atoms with Crippen molar-refractivity contribution in [1.82, 2.24) is 0 Å². The lowest BCUT2D eigenvalue weighted by molar-refractivity contribution is 0.669. The van der Waals surface area contributed by atoms with Gasteiger partial charge in [-0.1, -0.05) is 121 Å². The molecule has 3 heteroatoms. The number of hydrogen-bond acceptors (Lipinski definition) is 3. The summed E-state index contributed by atoms with van der Waals surface area (Å²) in [5.74, 6) is 0. The summed E-state index contributed by atoms with van der Waals surface area (Å²) >= 11 is 1.16. The van der Waals surface area contributed by atoms with Crippen molar-refractivity contribution in [3.63, 3.8) is 0 Å². The van der Waals surface area contributed by atoms with Crippen molar-refractivity contribution >= 4 is 70.5 Å². The summed E-state index contributed by atoms with van der Waals surface area (Å²) in [7, 11) is 0. The largest absolute Gasteiger partial charge is 0.454 e. The zero-order valence-corrected chi connectivity index (χ0v) is 24.7. The minimum absolute atomic E-state index is 0.106. The molecule has 0 radical (unpaired) electrons. The van der Waals surface area contributed by atoms with Crippen LogP contribution in [-0.2, 0) is 0 Å². The van der Waals surface area contributed by atoms with E-state index in [1.165, 1.54) is 0 Å². The van der Waals surface area contributed by atoms with Crippen molar-refractivity contribution in [3.05, 3.63) is 164 Å². The second-order valence-electron chi connectivity index (χ2n) is 10.9. The molecule has 0 saturated carbocycles. The van der Waals surface area contributed by atoms with E-state index in [-0.39, 0.29) is 36.3 Å². The Morgan fingerprint density at radius 1 is 0.533 bits per heavy atom. The van der Waals surface area contributed by atoms with Crippen LogP contribution in [0.4, 0.5) is 17.1 Å². The van der Waals surface area contributed by atoms with Crippen LogP contribution in [0.1, 0.15) is 8.22 Å². The normalized spacial score (nSPS) is 13.4. The fraction of sp³-hybridized carbons (Fsp3) is 0. The molecular formula is C42H27NOS. The first-order valence-electron chi connectivity index (χ1n) is 17.7. The van der Waals surface area contributed by atoms with Gasteiger partial charge in [0.05, 0.1) is 19.6 Å². The summed E-state index contributed by atoms with van der Waals surface area (Å²) in [6, 6.07) is 40.6. The van der Waals surface area contributed by atoms with Gasteiger partial charge in [0.2, 0.25) is 0 Å². The molecule has 2 heterocycles. The maximum absolute atomic E-state index is 9.57. The van der Waals surface area contributed by atoms with Crippen LogP contribution in [0.3, 0.4) is 0 Å². The highest BCUT2D eigenvalue weighted by Gasteiger charge is 2.26. The molecule has 0 fully saturated rings. The maximum atomic E-state index is 9.57. The molecule has 0 amide bonds. The summed E-state index contributed by atoms with van der Waals surface area (Å²) in [5, 5.41) is 2.81. The number of hydrogen-bond donors (Lipinski definition) is 0. The zero-order chi connectivity index (χ0) is 35.0. The van der Waals surface area contributed by atoms with Gasteiger partial charge in [-0.3, -0.25) is 0 Å². The summed E-state index contributed by atoms with van der Waals surface area (Å²) in [4.78, 5) is 1.96. The molecule has 0 atom stereocenters. The van der Waals surface area contributed by atoms with Crippen molar-refractivity contribution in [3.8, 4) is 22.3 Å². The van der Waals surface area contributed by atoms with Crippen LogP contribution in [0.15, 0.2) is 168 Å². The van der Waals surface area contributed by atoms with Crippen LogP contribution >= 0.6 is 11.3 Å². The summed E-state index contributed by atoms with van der Waals surface area (Å²) in [6.45, 7) is 0. The smallest absolute Gasteiger partial charge is 0.160 e. The molecular weight excluding hydrogens is 567 g/mol. The van der Waals surface area contributed by atoms with Gasteiger partial charge in [-0.25, -0.2) is 0 Å². The molecule has 2 nitrogen and oxygen atoms in total. The van der Waals surface area contributed by atoms with E-state index in [1.54, 1.807) is 6.07 Å². The van der Waals surface area contributed by atoms with Crippen molar-refractivity contribution in [1.29, 1.82) is 0 Å². The molecule has 0 N–H and O–H groups in total. The van der Waals surface area contributed by atoms with E-state index >= 15 is 0 Å². The summed E-state index contributed by atoms with van der Waals surface area (Å²) in [5.41, 5.74) is 6.80. The lowest BCUT2D eigenvalue weighted by atomic mass is 9.98. The third-order valence-electron chi connectivity index (χ3n) is 8.29. The number of para-hydroxylation sites is 1. The van der Waals surface area contributed by atoms with Crippen LogP contribution in [-0.4, -0.2) is 0 Å². The molecule has 0 aliphatic heterocycles. The Morgan fingerprint density at radius 3 is 2.07 bits per heavy atom. The molecule has 45 heavy (non-hydrogen) atoms. The first-order chi connectivity index (χ1) is 24.8. The van der Waals surface area contributed by atoms with Crippen LogP contribution in [0.2, 0.25) is 0 Å². The minimum Gasteiger partial charge on any atom is -0.454 e. The van der Waals surface area contributed by atoms with Gasteiger partial charge >= 0.3 is 0 Å². The Balaban J connectivity index is 1.47. The van der Waals surface area contributed by atoms with E-state index in [0.717, 1.165) is 44.4 Å². The van der Waals surface area contributed by atoms with Gasteiger partial charge in [0, 0.05) is 42.2 Å². The number of anilines is 3. The van der Waals surface area contributed by atoms with Gasteiger partial charge in [0.25, 0.3) is 0 Å². The first-order valence-corrected chi connectivity index (χ1v) is 15.5. The number of thiophene rings is 1. The van der Waals surface area contributed by atoms with Crippen molar-refractivity contribution in [2.75, 3.05) is 4.90 Å². The fourth-order valence-corrected chi connectivity index (χ4v) is 7.21. The SMILES string of the molecule is [2H]c1cc2c(sc3c([2H])c([2H])c([2H])c(N(c4ccc(-c5ccccc5)cc4)c4c(-c5ccccc5)ccc5c4oc4ccccc45)c32)c([2H])c1[2H]. The number of fused-ring (bicyclic) bond motifs is 6. The van der Waals surface area contributed by atoms with E-state index < -0.39 is 0 Å². The monoisotopic (exact) mass is 599 g/mol. The van der Waals surface area contributed by atoms with E-state index in [2.05, 4.69) is 24.3 Å². The second-order valence-corrected chi connectivity index (χ2v) is 11.9. The Morgan fingerprint density at radius 2 is 1.24 bits per heavy atom. The van der Waals surface area contributed by atoms with E-state index in [9.17, 15) is 1.37 Å². The minimum atomic E-state index is -0.253. The van der Waals surface area contributed by atoms with Crippen molar-refractivity contribution < 1.29 is 12.6 Å². The van der Waals surface area contributed by atoms with E-state index in [4.69, 9.17) is 11.3 Å². The molecule has 9 rings (SSSR count). The average Bonchev–Trinajstić information content (AvgIpc) is 3.74. The third kappa shape index (κ3) is 4.24.